The SMILES string of the molecule is NCC1(Cc2ncccc2C(F)(F)F)CC1. The van der Waals surface area contributed by atoms with Gasteiger partial charge in [0.2, 0.25) is 0 Å². The van der Waals surface area contributed by atoms with Crippen molar-refractivity contribution in [3.8, 4) is 0 Å². The quantitative estimate of drug-likeness (QED) is 0.865. The van der Waals surface area contributed by atoms with Crippen LogP contribution in [0.4, 0.5) is 13.2 Å². The molecule has 2 nitrogen and oxygen atoms in total. The summed E-state index contributed by atoms with van der Waals surface area (Å²) in [6.07, 6.45) is -0.792. The minimum Gasteiger partial charge on any atom is -0.330 e. The highest BCUT2D eigenvalue weighted by atomic mass is 19.4. The van der Waals surface area contributed by atoms with E-state index >= 15 is 0 Å². The number of hydrogen-bond donors (Lipinski definition) is 1. The molecule has 1 heterocycles. The summed E-state index contributed by atoms with van der Waals surface area (Å²) in [5.41, 5.74) is 4.93. The summed E-state index contributed by atoms with van der Waals surface area (Å²) in [5.74, 6) is 0. The van der Waals surface area contributed by atoms with Crippen LogP contribution in [-0.2, 0) is 12.6 Å². The Labute approximate surface area is 91.7 Å². The monoisotopic (exact) mass is 230 g/mol. The van der Waals surface area contributed by atoms with Crippen LogP contribution < -0.4 is 5.73 Å². The minimum absolute atomic E-state index is 0.123. The average molecular weight is 230 g/mol. The van der Waals surface area contributed by atoms with Crippen LogP contribution in [0, 0.1) is 5.41 Å². The molecule has 1 aliphatic carbocycles. The number of halogens is 3. The number of hydrogen-bond acceptors (Lipinski definition) is 2. The average Bonchev–Trinajstić information content (AvgIpc) is 2.98. The molecule has 5 heteroatoms. The Hall–Kier alpha value is -1.10. The maximum Gasteiger partial charge on any atom is 0.418 e. The molecule has 1 saturated carbocycles. The lowest BCUT2D eigenvalue weighted by atomic mass is 9.97. The lowest BCUT2D eigenvalue weighted by Crippen LogP contribution is -2.21. The van der Waals surface area contributed by atoms with E-state index < -0.39 is 11.7 Å². The largest absolute Gasteiger partial charge is 0.418 e. The van der Waals surface area contributed by atoms with Crippen molar-refractivity contribution < 1.29 is 13.2 Å². The molecule has 0 atom stereocenters. The van der Waals surface area contributed by atoms with Crippen LogP contribution in [0.3, 0.4) is 0 Å². The van der Waals surface area contributed by atoms with Crippen LogP contribution >= 0.6 is 0 Å². The lowest BCUT2D eigenvalue weighted by Gasteiger charge is -2.16. The second-order valence-electron chi connectivity index (χ2n) is 4.38. The summed E-state index contributed by atoms with van der Waals surface area (Å²) in [6, 6.07) is 2.39. The van der Waals surface area contributed by atoms with Crippen molar-refractivity contribution in [2.45, 2.75) is 25.4 Å². The second-order valence-corrected chi connectivity index (χ2v) is 4.38. The van der Waals surface area contributed by atoms with Gasteiger partial charge in [0.05, 0.1) is 11.3 Å². The van der Waals surface area contributed by atoms with Crippen LogP contribution in [0.2, 0.25) is 0 Å². The first-order valence-electron chi connectivity index (χ1n) is 5.18. The molecule has 0 amide bonds. The van der Waals surface area contributed by atoms with E-state index in [-0.39, 0.29) is 11.1 Å². The van der Waals surface area contributed by atoms with Crippen LogP contribution in [-0.4, -0.2) is 11.5 Å². The van der Waals surface area contributed by atoms with Crippen molar-refractivity contribution in [1.29, 1.82) is 0 Å². The van der Waals surface area contributed by atoms with Gasteiger partial charge in [0.15, 0.2) is 0 Å². The smallest absolute Gasteiger partial charge is 0.330 e. The maximum atomic E-state index is 12.7. The summed E-state index contributed by atoms with van der Waals surface area (Å²) < 4.78 is 38.0. The number of nitrogens with two attached hydrogens (primary N) is 1. The molecular weight excluding hydrogens is 217 g/mol. The van der Waals surface area contributed by atoms with Crippen molar-refractivity contribution in [3.05, 3.63) is 29.6 Å². The summed E-state index contributed by atoms with van der Waals surface area (Å²) in [4.78, 5) is 3.84. The van der Waals surface area contributed by atoms with Gasteiger partial charge in [0.1, 0.15) is 0 Å². The highest BCUT2D eigenvalue weighted by Gasteiger charge is 2.44. The molecule has 0 bridgehead atoms. The Bertz CT molecular complexity index is 383. The Kier molecular flexibility index (Phi) is 2.66. The van der Waals surface area contributed by atoms with E-state index in [2.05, 4.69) is 4.98 Å². The van der Waals surface area contributed by atoms with Gasteiger partial charge in [-0.2, -0.15) is 13.2 Å². The fourth-order valence-electron chi connectivity index (χ4n) is 1.82. The molecule has 1 aliphatic rings. The van der Waals surface area contributed by atoms with Crippen LogP contribution in [0.25, 0.3) is 0 Å². The molecular formula is C11H13F3N2. The van der Waals surface area contributed by atoms with Gasteiger partial charge < -0.3 is 5.73 Å². The molecule has 0 unspecified atom stereocenters. The summed E-state index contributed by atoms with van der Waals surface area (Å²) >= 11 is 0. The zero-order chi connectivity index (χ0) is 11.8. The molecule has 2 rings (SSSR count). The molecule has 0 aromatic carbocycles. The standard InChI is InChI=1S/C11H13F3N2/c12-11(13,14)8-2-1-5-16-9(8)6-10(7-15)3-4-10/h1-2,5H,3-4,6-7,15H2. The highest BCUT2D eigenvalue weighted by Crippen LogP contribution is 2.48. The highest BCUT2D eigenvalue weighted by molar-refractivity contribution is 5.25. The van der Waals surface area contributed by atoms with Gasteiger partial charge in [0.25, 0.3) is 0 Å². The summed E-state index contributed by atoms with van der Waals surface area (Å²) in [5, 5.41) is 0. The number of pyridine rings is 1. The van der Waals surface area contributed by atoms with Gasteiger partial charge in [-0.15, -0.1) is 0 Å². The van der Waals surface area contributed by atoms with Gasteiger partial charge in [-0.3, -0.25) is 4.98 Å². The van der Waals surface area contributed by atoms with E-state index in [1.807, 2.05) is 0 Å². The van der Waals surface area contributed by atoms with Crippen molar-refractivity contribution >= 4 is 0 Å². The van der Waals surface area contributed by atoms with Gasteiger partial charge in [-0.05, 0) is 43.4 Å². The molecule has 1 aromatic heterocycles. The number of rotatable bonds is 3. The summed E-state index contributed by atoms with van der Waals surface area (Å²) in [7, 11) is 0. The number of alkyl halides is 3. The van der Waals surface area contributed by atoms with Gasteiger partial charge in [-0.25, -0.2) is 0 Å². The fraction of sp³-hybridized carbons (Fsp3) is 0.545. The molecule has 0 spiro atoms. The zero-order valence-electron chi connectivity index (χ0n) is 8.72. The third kappa shape index (κ3) is 2.19. The first kappa shape index (κ1) is 11.4. The van der Waals surface area contributed by atoms with Gasteiger partial charge >= 0.3 is 6.18 Å². The fourth-order valence-corrected chi connectivity index (χ4v) is 1.82. The van der Waals surface area contributed by atoms with Crippen molar-refractivity contribution in [1.82, 2.24) is 4.98 Å². The second kappa shape index (κ2) is 3.73. The molecule has 16 heavy (non-hydrogen) atoms. The van der Waals surface area contributed by atoms with E-state index in [1.54, 1.807) is 0 Å². The van der Waals surface area contributed by atoms with Crippen molar-refractivity contribution in [2.75, 3.05) is 6.54 Å². The summed E-state index contributed by atoms with van der Waals surface area (Å²) in [6.45, 7) is 0.431. The normalized spacial score (nSPS) is 18.5. The molecule has 0 aliphatic heterocycles. The van der Waals surface area contributed by atoms with E-state index in [0.29, 0.717) is 13.0 Å². The molecule has 0 saturated heterocycles. The first-order valence-corrected chi connectivity index (χ1v) is 5.18. The lowest BCUT2D eigenvalue weighted by molar-refractivity contribution is -0.138. The molecule has 0 radical (unpaired) electrons. The molecule has 2 N–H and O–H groups in total. The Balaban J connectivity index is 2.27. The number of aromatic nitrogens is 1. The van der Waals surface area contributed by atoms with E-state index in [0.717, 1.165) is 18.9 Å². The third-order valence-corrected chi connectivity index (χ3v) is 3.13. The van der Waals surface area contributed by atoms with E-state index in [9.17, 15) is 13.2 Å². The maximum absolute atomic E-state index is 12.7. The van der Waals surface area contributed by atoms with E-state index in [4.69, 9.17) is 5.73 Å². The Morgan fingerprint density at radius 2 is 2.06 bits per heavy atom. The van der Waals surface area contributed by atoms with Gasteiger partial charge in [-0.1, -0.05) is 0 Å². The molecule has 1 fully saturated rings. The van der Waals surface area contributed by atoms with E-state index in [1.165, 1.54) is 12.3 Å². The topological polar surface area (TPSA) is 38.9 Å². The molecule has 1 aromatic rings. The number of nitrogens with zero attached hydrogens (tertiary/aromatic N) is 1. The van der Waals surface area contributed by atoms with Crippen LogP contribution in [0.5, 0.6) is 0 Å². The molecule has 88 valence electrons. The van der Waals surface area contributed by atoms with Gasteiger partial charge in [0, 0.05) is 6.20 Å². The van der Waals surface area contributed by atoms with Crippen molar-refractivity contribution in [2.24, 2.45) is 11.1 Å². The van der Waals surface area contributed by atoms with Crippen LogP contribution in [0.15, 0.2) is 18.3 Å². The Morgan fingerprint density at radius 1 is 1.38 bits per heavy atom. The predicted molar refractivity (Wildman–Crippen MR) is 53.7 cm³/mol. The minimum atomic E-state index is -4.33. The zero-order valence-corrected chi connectivity index (χ0v) is 8.72. The third-order valence-electron chi connectivity index (χ3n) is 3.13. The Morgan fingerprint density at radius 3 is 2.56 bits per heavy atom. The van der Waals surface area contributed by atoms with Crippen molar-refractivity contribution in [3.63, 3.8) is 0 Å². The predicted octanol–water partition coefficient (Wildman–Crippen LogP) is 2.38. The van der Waals surface area contributed by atoms with Crippen LogP contribution in [0.1, 0.15) is 24.1 Å². The first-order chi connectivity index (χ1) is 7.47.